The second-order valence-corrected chi connectivity index (χ2v) is 19.5. The molecule has 0 radical (unpaired) electrons. The molecule has 3 aliphatic rings. The van der Waals surface area contributed by atoms with Crippen molar-refractivity contribution in [2.24, 2.45) is 17.8 Å². The van der Waals surface area contributed by atoms with Crippen LogP contribution >= 0.6 is 11.6 Å². The summed E-state index contributed by atoms with van der Waals surface area (Å²) in [6, 6.07) is 5.29. The summed E-state index contributed by atoms with van der Waals surface area (Å²) in [6.07, 6.45) is -8.74. The van der Waals surface area contributed by atoms with Crippen LogP contribution in [-0.2, 0) is 38.0 Å². The average Bonchev–Trinajstić information content (AvgIpc) is 3.18. The van der Waals surface area contributed by atoms with Gasteiger partial charge in [-0.15, -0.1) is 0 Å². The lowest BCUT2D eigenvalue weighted by Crippen LogP contribution is -2.61. The van der Waals surface area contributed by atoms with Gasteiger partial charge in [-0.05, 0) is 119 Å². The highest BCUT2D eigenvalue weighted by Gasteiger charge is 2.53. The third kappa shape index (κ3) is 12.0. The summed E-state index contributed by atoms with van der Waals surface area (Å²) in [5, 5.41) is 48.4. The maximum Gasteiger partial charge on any atom is 0.338 e. The summed E-state index contributed by atoms with van der Waals surface area (Å²) < 4.78 is 44.2. The van der Waals surface area contributed by atoms with Gasteiger partial charge in [-0.1, -0.05) is 32.4 Å². The molecule has 61 heavy (non-hydrogen) atoms. The number of hydrogen-bond donors (Lipinski definition) is 4. The van der Waals surface area contributed by atoms with E-state index in [1.165, 1.54) is 26.2 Å². The molecule has 3 saturated heterocycles. The van der Waals surface area contributed by atoms with E-state index in [1.807, 2.05) is 58.6 Å². The fourth-order valence-electron chi connectivity index (χ4n) is 9.71. The minimum atomic E-state index is -1.91. The van der Waals surface area contributed by atoms with E-state index in [0.717, 1.165) is 0 Å². The molecule has 1 aromatic carbocycles. The summed E-state index contributed by atoms with van der Waals surface area (Å²) in [7, 11) is 7.10. The number of halogens is 1. The molecule has 4 rings (SSSR count). The van der Waals surface area contributed by atoms with E-state index >= 15 is 0 Å². The van der Waals surface area contributed by atoms with Gasteiger partial charge in [-0.2, -0.15) is 0 Å². The first-order valence-electron chi connectivity index (χ1n) is 21.8. The Morgan fingerprint density at radius 1 is 0.967 bits per heavy atom. The molecule has 4 N–H and O–H groups in total. The van der Waals surface area contributed by atoms with Crippen molar-refractivity contribution in [1.82, 2.24) is 9.80 Å². The molecular weight excluding hydrogens is 812 g/mol. The number of esters is 2. The highest BCUT2D eigenvalue weighted by Crippen LogP contribution is 2.40. The Kier molecular flexibility index (Phi) is 17.7. The maximum absolute atomic E-state index is 14.6. The number of nitrogens with zero attached hydrogens (tertiary/aromatic N) is 2. The Balaban J connectivity index is 1.84. The number of aliphatic hydroxyl groups excluding tert-OH is 2. The van der Waals surface area contributed by atoms with Crippen molar-refractivity contribution in [2.45, 2.75) is 185 Å². The fraction of sp³-hybridized carbons (Fsp3) is 0.822. The zero-order valence-corrected chi connectivity index (χ0v) is 39.5. The van der Waals surface area contributed by atoms with Crippen molar-refractivity contribution in [3.63, 3.8) is 0 Å². The second-order valence-electron chi connectivity index (χ2n) is 19.1. The third-order valence-corrected chi connectivity index (χ3v) is 13.7. The Morgan fingerprint density at radius 2 is 1.59 bits per heavy atom. The molecule has 15 nitrogen and oxygen atoms in total. The van der Waals surface area contributed by atoms with E-state index in [0.29, 0.717) is 18.0 Å². The molecule has 16 heteroatoms. The second kappa shape index (κ2) is 20.9. The van der Waals surface area contributed by atoms with E-state index in [-0.39, 0.29) is 42.9 Å². The molecule has 1 aromatic rings. The third-order valence-electron chi connectivity index (χ3n) is 13.5. The Morgan fingerprint density at radius 3 is 2.16 bits per heavy atom. The van der Waals surface area contributed by atoms with Gasteiger partial charge in [0.2, 0.25) is 0 Å². The summed E-state index contributed by atoms with van der Waals surface area (Å²) >= 11 is 6.10. The standard InChI is InChI=1S/C45H75ClN2O13/c1-15-33-45(10,54)39(60-41(52)30-16-18-31(46)19-17-30)28(6)48(13)23-24(2)21-43(8,53)38(61-42-35(49)32(47(11)12)20-25(3)56-42)26(4)36(27(5)40(51)58-33)59-34-22-44(9,55-14)37(50)29(7)57-34/h16-19,24-29,32-39,42,49-50,53-54H,15,20-23H2,1-14H3/t24-,25-,26+,27-,28-,29+,32+,33-,34+,35-,36+,37+,38-,39-,42+,43+,44-,45-/m1/s1. The molecule has 18 atom stereocenters. The van der Waals surface area contributed by atoms with E-state index in [1.54, 1.807) is 46.8 Å². The number of benzene rings is 1. The highest BCUT2D eigenvalue weighted by molar-refractivity contribution is 6.30. The molecule has 0 amide bonds. The van der Waals surface area contributed by atoms with Crippen LogP contribution in [0.5, 0.6) is 0 Å². The highest BCUT2D eigenvalue weighted by atomic mass is 35.5. The SMILES string of the molecule is CC[C@H]1OC(=O)[C@H](C)[C@@H](O[C@H]2C[C@@](C)(OC)[C@@H](O)[C@H](C)O2)[C@H](C)[C@@H](O[C@@H]2O[C@H](C)C[C@H](N(C)C)[C@H]2O)[C@@](C)(O)C[C@@H](C)CN(C)[C@H](C)[C@@H](OC(=O)c2ccc(Cl)cc2)[C@]1(C)O. The van der Waals surface area contributed by atoms with E-state index in [9.17, 15) is 30.0 Å². The molecule has 0 bridgehead atoms. The summed E-state index contributed by atoms with van der Waals surface area (Å²) in [4.78, 5) is 32.2. The Hall–Kier alpha value is -1.99. The molecule has 3 heterocycles. The van der Waals surface area contributed by atoms with Gasteiger partial charge in [0.1, 0.15) is 30.0 Å². The number of aliphatic hydroxyl groups is 4. The number of hydrogen-bond acceptors (Lipinski definition) is 15. The van der Waals surface area contributed by atoms with Crippen LogP contribution in [0.2, 0.25) is 5.02 Å². The average molecular weight is 888 g/mol. The van der Waals surface area contributed by atoms with Crippen molar-refractivity contribution >= 4 is 23.5 Å². The van der Waals surface area contributed by atoms with Crippen LogP contribution in [0.1, 0.15) is 105 Å². The van der Waals surface area contributed by atoms with Crippen molar-refractivity contribution < 1.29 is 63.2 Å². The van der Waals surface area contributed by atoms with Crippen LogP contribution in [0.15, 0.2) is 24.3 Å². The van der Waals surface area contributed by atoms with E-state index in [2.05, 4.69) is 0 Å². The summed E-state index contributed by atoms with van der Waals surface area (Å²) in [5.74, 6) is -3.53. The minimum Gasteiger partial charge on any atom is -0.459 e. The predicted octanol–water partition coefficient (Wildman–Crippen LogP) is 4.42. The lowest BCUT2D eigenvalue weighted by atomic mass is 9.77. The van der Waals surface area contributed by atoms with Gasteiger partial charge < -0.3 is 58.5 Å². The minimum absolute atomic E-state index is 0.0998. The predicted molar refractivity (Wildman–Crippen MR) is 229 cm³/mol. The lowest BCUT2D eigenvalue weighted by molar-refractivity contribution is -0.318. The van der Waals surface area contributed by atoms with Gasteiger partial charge in [-0.25, -0.2) is 4.79 Å². The van der Waals surface area contributed by atoms with Crippen LogP contribution in [0, 0.1) is 17.8 Å². The van der Waals surface area contributed by atoms with Crippen LogP contribution in [0.3, 0.4) is 0 Å². The van der Waals surface area contributed by atoms with Crippen molar-refractivity contribution in [3.8, 4) is 0 Å². The lowest BCUT2D eigenvalue weighted by Gasteiger charge is -2.48. The first-order valence-corrected chi connectivity index (χ1v) is 22.2. The number of cyclic esters (lactones) is 1. The van der Waals surface area contributed by atoms with Gasteiger partial charge in [0.05, 0.1) is 47.1 Å². The molecular formula is C45H75ClN2O13. The largest absolute Gasteiger partial charge is 0.459 e. The smallest absolute Gasteiger partial charge is 0.338 e. The summed E-state index contributed by atoms with van der Waals surface area (Å²) in [6.45, 7) is 17.9. The van der Waals surface area contributed by atoms with Crippen molar-refractivity contribution in [1.29, 1.82) is 0 Å². The zero-order valence-electron chi connectivity index (χ0n) is 38.7. The number of carbonyl (C=O) groups excluding carboxylic acids is 2. The first kappa shape index (κ1) is 51.6. The molecule has 0 saturated carbocycles. The number of carbonyl (C=O) groups is 2. The van der Waals surface area contributed by atoms with Crippen LogP contribution in [0.25, 0.3) is 0 Å². The normalized spacial score (nSPS) is 43.9. The van der Waals surface area contributed by atoms with E-state index in [4.69, 9.17) is 44.8 Å². The molecule has 3 fully saturated rings. The van der Waals surface area contributed by atoms with Gasteiger partial charge in [0, 0.05) is 43.1 Å². The molecule has 3 aliphatic heterocycles. The number of ether oxygens (including phenoxy) is 7. The Labute approximate surface area is 368 Å². The van der Waals surface area contributed by atoms with Gasteiger partial charge in [0.25, 0.3) is 0 Å². The van der Waals surface area contributed by atoms with Crippen LogP contribution < -0.4 is 0 Å². The van der Waals surface area contributed by atoms with Gasteiger partial charge >= 0.3 is 11.9 Å². The monoisotopic (exact) mass is 886 g/mol. The van der Waals surface area contributed by atoms with Gasteiger partial charge in [-0.3, -0.25) is 9.69 Å². The van der Waals surface area contributed by atoms with Crippen molar-refractivity contribution in [3.05, 3.63) is 34.9 Å². The Bertz CT molecular complexity index is 1580. The topological polar surface area (TPSA) is 186 Å². The molecule has 0 aliphatic carbocycles. The fourth-order valence-corrected chi connectivity index (χ4v) is 9.83. The van der Waals surface area contributed by atoms with E-state index < -0.39 is 102 Å². The number of likely N-dealkylation sites (N-methyl/N-ethyl adjacent to an activating group) is 2. The quantitative estimate of drug-likeness (QED) is 0.255. The zero-order chi connectivity index (χ0) is 45.9. The van der Waals surface area contributed by atoms with Crippen molar-refractivity contribution in [2.75, 3.05) is 34.8 Å². The number of rotatable bonds is 9. The van der Waals surface area contributed by atoms with Gasteiger partial charge in [0.15, 0.2) is 12.6 Å². The molecule has 0 unspecified atom stereocenters. The van der Waals surface area contributed by atoms with Crippen LogP contribution in [0.4, 0.5) is 0 Å². The maximum atomic E-state index is 14.6. The number of methoxy groups -OCH3 is 1. The first-order chi connectivity index (χ1) is 28.3. The molecule has 0 spiro atoms. The van der Waals surface area contributed by atoms with Crippen LogP contribution in [-0.4, -0.2) is 167 Å². The molecule has 0 aromatic heterocycles. The molecule has 350 valence electrons. The summed E-state index contributed by atoms with van der Waals surface area (Å²) in [5.41, 5.74) is -4.36.